The lowest BCUT2D eigenvalue weighted by atomic mass is 11.8. The lowest BCUT2D eigenvalue weighted by Gasteiger charge is -1.75. The predicted octanol–water partition coefficient (Wildman–Crippen LogP) is 0.723. The molecule has 0 atom stereocenters. The summed E-state index contributed by atoms with van der Waals surface area (Å²) in [5.74, 6) is 0. The molecule has 4 heavy (non-hydrogen) atoms. The molecule has 0 spiro atoms. The Balaban J connectivity index is 2.32. The van der Waals surface area contributed by atoms with Gasteiger partial charge in [0.25, 0.3) is 0 Å². The molecule has 0 fully saturated rings. The zero-order valence-electron chi connectivity index (χ0n) is 3.15. The summed E-state index contributed by atoms with van der Waals surface area (Å²) >= 11 is 0. The van der Waals surface area contributed by atoms with Crippen molar-refractivity contribution in [2.45, 2.75) is 13.1 Å². The average molecular weight is 72.2 g/mol. The van der Waals surface area contributed by atoms with Crippen molar-refractivity contribution in [3.8, 4) is 0 Å². The Morgan fingerprint density at radius 2 is 1.50 bits per heavy atom. The van der Waals surface area contributed by atoms with Crippen LogP contribution in [-0.2, 0) is 0 Å². The monoisotopic (exact) mass is 72.0 g/mol. The molecule has 0 bridgehead atoms. The van der Waals surface area contributed by atoms with E-state index in [-0.39, 0.29) is 0 Å². The van der Waals surface area contributed by atoms with Crippen LogP contribution in [0.4, 0.5) is 0 Å². The van der Waals surface area contributed by atoms with Gasteiger partial charge in [-0.2, -0.15) is 0 Å². The van der Waals surface area contributed by atoms with Gasteiger partial charge in [-0.3, -0.25) is 0 Å². The molecule has 24 valence electrons. The van der Waals surface area contributed by atoms with Gasteiger partial charge in [-0.05, 0) is 6.55 Å². The first kappa shape index (κ1) is 4.22. The molecule has 0 amide bonds. The molecule has 0 aromatic heterocycles. The van der Waals surface area contributed by atoms with Crippen LogP contribution in [0.1, 0.15) is 0 Å². The standard InChI is InChI=1S/C3H8Si/c1-4(2)3/h1,4H,2-3H3. The van der Waals surface area contributed by atoms with Crippen LogP contribution in [0.5, 0.6) is 0 Å². The first-order chi connectivity index (χ1) is 1.73. The van der Waals surface area contributed by atoms with Crippen LogP contribution in [0.3, 0.4) is 0 Å². The predicted molar refractivity (Wildman–Crippen MR) is 23.2 cm³/mol. The largest absolute Gasteiger partial charge is 0.0720 e. The second kappa shape index (κ2) is 1.53. The summed E-state index contributed by atoms with van der Waals surface area (Å²) in [7, 11) is -0.639. The third kappa shape index (κ3) is 69.8. The molecule has 0 saturated carbocycles. The van der Waals surface area contributed by atoms with E-state index in [1.165, 1.54) is 0 Å². The maximum absolute atomic E-state index is 5.25. The van der Waals surface area contributed by atoms with E-state index in [9.17, 15) is 0 Å². The van der Waals surface area contributed by atoms with Gasteiger partial charge in [-0.15, -0.1) is 0 Å². The first-order valence-electron chi connectivity index (χ1n) is 1.49. The van der Waals surface area contributed by atoms with Crippen molar-refractivity contribution in [1.82, 2.24) is 0 Å². The minimum absolute atomic E-state index is 0.639. The van der Waals surface area contributed by atoms with Crippen LogP contribution in [0.25, 0.3) is 0 Å². The molecule has 0 N–H and O–H groups in total. The average Bonchev–Trinajstić information content (AvgIpc) is 0.811. The summed E-state index contributed by atoms with van der Waals surface area (Å²) < 4.78 is 0. The fourth-order valence-corrected chi connectivity index (χ4v) is 0. The summed E-state index contributed by atoms with van der Waals surface area (Å²) in [5.41, 5.74) is 0. The number of hydrogen-bond donors (Lipinski definition) is 0. The molecule has 0 aromatic carbocycles. The van der Waals surface area contributed by atoms with Gasteiger partial charge in [0.05, 0.1) is 0 Å². The van der Waals surface area contributed by atoms with Crippen molar-refractivity contribution < 1.29 is 0 Å². The lowest BCUT2D eigenvalue weighted by molar-refractivity contribution is 2.01. The molecule has 0 aliphatic carbocycles. The van der Waals surface area contributed by atoms with E-state index in [0.717, 1.165) is 0 Å². The van der Waals surface area contributed by atoms with Crippen LogP contribution < -0.4 is 0 Å². The van der Waals surface area contributed by atoms with Gasteiger partial charge in [-0.1, -0.05) is 13.1 Å². The topological polar surface area (TPSA) is 0 Å². The van der Waals surface area contributed by atoms with E-state index in [1.54, 1.807) is 0 Å². The third-order valence-corrected chi connectivity index (χ3v) is 0. The highest BCUT2D eigenvalue weighted by Crippen LogP contribution is 1.65. The van der Waals surface area contributed by atoms with Crippen molar-refractivity contribution >= 4 is 8.80 Å². The summed E-state index contributed by atoms with van der Waals surface area (Å²) in [5, 5.41) is 0. The highest BCUT2D eigenvalue weighted by molar-refractivity contribution is 6.57. The van der Waals surface area contributed by atoms with Gasteiger partial charge in [0.1, 0.15) is 0 Å². The van der Waals surface area contributed by atoms with Crippen molar-refractivity contribution in [3.63, 3.8) is 0 Å². The molecule has 0 rings (SSSR count). The Kier molecular flexibility index (Phi) is 1.61. The van der Waals surface area contributed by atoms with E-state index in [0.29, 0.717) is 0 Å². The second-order valence-electron chi connectivity index (χ2n) is 1.24. The van der Waals surface area contributed by atoms with Crippen molar-refractivity contribution in [3.05, 3.63) is 6.55 Å². The van der Waals surface area contributed by atoms with E-state index < -0.39 is 8.80 Å². The van der Waals surface area contributed by atoms with Crippen LogP contribution >= 0.6 is 0 Å². The Hall–Kier alpha value is 0.217. The van der Waals surface area contributed by atoms with Crippen LogP contribution in [0, 0.1) is 6.55 Å². The molecule has 0 aliphatic rings. The summed E-state index contributed by atoms with van der Waals surface area (Å²) in [4.78, 5) is 0. The molecule has 0 aliphatic heterocycles. The molecule has 0 saturated heterocycles. The third-order valence-electron chi connectivity index (χ3n) is 0. The summed E-state index contributed by atoms with van der Waals surface area (Å²) in [6, 6.07) is 0. The summed E-state index contributed by atoms with van der Waals surface area (Å²) in [6.07, 6.45) is 0. The highest BCUT2D eigenvalue weighted by Gasteiger charge is 1.72. The van der Waals surface area contributed by atoms with Crippen LogP contribution in [0.2, 0.25) is 13.1 Å². The van der Waals surface area contributed by atoms with Crippen molar-refractivity contribution in [1.29, 1.82) is 0 Å². The van der Waals surface area contributed by atoms with Crippen molar-refractivity contribution in [2.24, 2.45) is 0 Å². The first-order valence-corrected chi connectivity index (χ1v) is 4.46. The fourth-order valence-electron chi connectivity index (χ4n) is 0. The Morgan fingerprint density at radius 3 is 1.50 bits per heavy atom. The van der Waals surface area contributed by atoms with E-state index in [2.05, 4.69) is 13.1 Å². The SMILES string of the molecule is [CH][SiH](C)C. The fraction of sp³-hybridized carbons (Fsp3) is 0.667. The minimum Gasteiger partial charge on any atom is -0.0720 e. The Bertz CT molecular complexity index is 8.00. The maximum Gasteiger partial charge on any atom is 0.0336 e. The molecule has 0 nitrogen and oxygen atoms in total. The smallest absolute Gasteiger partial charge is 0.0336 e. The molecule has 2 radical (unpaired) electrons. The van der Waals surface area contributed by atoms with Gasteiger partial charge in [0.2, 0.25) is 0 Å². The molecule has 1 heteroatoms. The van der Waals surface area contributed by atoms with Gasteiger partial charge in [-0.25, -0.2) is 0 Å². The van der Waals surface area contributed by atoms with E-state index in [4.69, 9.17) is 6.55 Å². The lowest BCUT2D eigenvalue weighted by Crippen LogP contribution is -1.86. The van der Waals surface area contributed by atoms with Crippen molar-refractivity contribution in [2.75, 3.05) is 0 Å². The molecule has 0 heterocycles. The zero-order chi connectivity index (χ0) is 3.58. The normalized spacial score (nSPS) is 9.00. The molecule has 0 unspecified atom stereocenters. The summed E-state index contributed by atoms with van der Waals surface area (Å²) in [6.45, 7) is 9.42. The van der Waals surface area contributed by atoms with Gasteiger partial charge in [0, 0.05) is 8.80 Å². The van der Waals surface area contributed by atoms with Gasteiger partial charge < -0.3 is 0 Å². The van der Waals surface area contributed by atoms with Gasteiger partial charge in [0.15, 0.2) is 0 Å². The number of hydrogen-bond acceptors (Lipinski definition) is 0. The van der Waals surface area contributed by atoms with E-state index >= 15 is 0 Å². The van der Waals surface area contributed by atoms with Gasteiger partial charge >= 0.3 is 0 Å². The Labute approximate surface area is 29.4 Å². The number of rotatable bonds is 0. The molecular weight excluding hydrogens is 64.1 g/mol. The minimum atomic E-state index is -0.639. The quantitative estimate of drug-likeness (QED) is 0.370. The van der Waals surface area contributed by atoms with E-state index in [1.807, 2.05) is 0 Å². The van der Waals surface area contributed by atoms with Crippen LogP contribution in [0.15, 0.2) is 0 Å². The maximum atomic E-state index is 5.25. The Morgan fingerprint density at radius 1 is 1.50 bits per heavy atom. The molecule has 0 aromatic rings. The highest BCUT2D eigenvalue weighted by atomic mass is 28.3. The molecular formula is C3H8Si. The van der Waals surface area contributed by atoms with Crippen LogP contribution in [-0.4, -0.2) is 8.80 Å². The zero-order valence-corrected chi connectivity index (χ0v) is 4.31. The second-order valence-corrected chi connectivity index (χ2v) is 3.73.